The Kier molecular flexibility index (Phi) is 5.13. The van der Waals surface area contributed by atoms with Crippen molar-refractivity contribution in [3.8, 4) is 0 Å². The molecule has 92 valence electrons. The second kappa shape index (κ2) is 5.92. The van der Waals surface area contributed by atoms with Gasteiger partial charge in [0.25, 0.3) is 10.0 Å². The fourth-order valence-corrected chi connectivity index (χ4v) is 3.51. The van der Waals surface area contributed by atoms with E-state index in [1.165, 1.54) is 13.3 Å². The molecule has 0 bridgehead atoms. The number of alkyl halides is 1. The van der Waals surface area contributed by atoms with E-state index in [-0.39, 0.29) is 16.1 Å². The minimum atomic E-state index is -3.49. The van der Waals surface area contributed by atoms with E-state index < -0.39 is 10.0 Å². The van der Waals surface area contributed by atoms with Crippen molar-refractivity contribution in [1.82, 2.24) is 9.71 Å². The SMILES string of the molecule is COCC(Cl)CNS(=O)(=O)c1cnc(C)s1. The maximum Gasteiger partial charge on any atom is 0.251 e. The third-order valence-corrected chi connectivity index (χ3v) is 4.79. The largest absolute Gasteiger partial charge is 0.383 e. The molecule has 1 N–H and O–H groups in total. The monoisotopic (exact) mass is 284 g/mol. The second-order valence-corrected chi connectivity index (χ2v) is 6.95. The van der Waals surface area contributed by atoms with Crippen molar-refractivity contribution in [2.75, 3.05) is 20.3 Å². The van der Waals surface area contributed by atoms with Crippen LogP contribution in [0.2, 0.25) is 0 Å². The Hall–Kier alpha value is -0.210. The Bertz CT molecular complexity index is 432. The van der Waals surface area contributed by atoms with Crippen LogP contribution < -0.4 is 4.72 Å². The van der Waals surface area contributed by atoms with Crippen molar-refractivity contribution < 1.29 is 13.2 Å². The number of hydrogen-bond donors (Lipinski definition) is 1. The molecule has 1 aromatic rings. The Balaban J connectivity index is 2.59. The zero-order valence-corrected chi connectivity index (χ0v) is 11.3. The third-order valence-electron chi connectivity index (χ3n) is 1.71. The number of halogens is 1. The zero-order valence-electron chi connectivity index (χ0n) is 8.94. The quantitative estimate of drug-likeness (QED) is 0.791. The predicted octanol–water partition coefficient (Wildman–Crippen LogP) is 0.984. The number of aromatic nitrogens is 1. The highest BCUT2D eigenvalue weighted by Crippen LogP contribution is 2.17. The fraction of sp³-hybridized carbons (Fsp3) is 0.625. The first-order valence-electron chi connectivity index (χ1n) is 4.51. The minimum Gasteiger partial charge on any atom is -0.383 e. The number of nitrogens with one attached hydrogen (secondary N) is 1. The fourth-order valence-electron chi connectivity index (χ4n) is 0.977. The number of hydrogen-bond acceptors (Lipinski definition) is 5. The highest BCUT2D eigenvalue weighted by molar-refractivity contribution is 7.91. The molecule has 1 heterocycles. The van der Waals surface area contributed by atoms with Gasteiger partial charge >= 0.3 is 0 Å². The lowest BCUT2D eigenvalue weighted by Gasteiger charge is -2.08. The Morgan fingerprint density at radius 3 is 2.88 bits per heavy atom. The van der Waals surface area contributed by atoms with Gasteiger partial charge in [-0.05, 0) is 6.92 Å². The number of rotatable bonds is 6. The molecular weight excluding hydrogens is 272 g/mol. The molecule has 1 unspecified atom stereocenters. The summed E-state index contributed by atoms with van der Waals surface area (Å²) in [6.07, 6.45) is 1.34. The molecule has 8 heteroatoms. The van der Waals surface area contributed by atoms with Crippen LogP contribution in [0.25, 0.3) is 0 Å². The molecule has 0 aromatic carbocycles. The van der Waals surface area contributed by atoms with E-state index in [0.29, 0.717) is 11.6 Å². The first kappa shape index (κ1) is 13.9. The van der Waals surface area contributed by atoms with Crippen molar-refractivity contribution in [3.05, 3.63) is 11.2 Å². The number of methoxy groups -OCH3 is 1. The Morgan fingerprint density at radius 1 is 1.69 bits per heavy atom. The van der Waals surface area contributed by atoms with Gasteiger partial charge in [0.15, 0.2) is 4.21 Å². The molecule has 0 radical (unpaired) electrons. The summed E-state index contributed by atoms with van der Waals surface area (Å²) in [4.78, 5) is 3.89. The van der Waals surface area contributed by atoms with Gasteiger partial charge in [-0.25, -0.2) is 18.1 Å². The molecule has 0 fully saturated rings. The number of thiazole rings is 1. The molecule has 0 aliphatic carbocycles. The van der Waals surface area contributed by atoms with Crippen LogP contribution in [0.4, 0.5) is 0 Å². The summed E-state index contributed by atoms with van der Waals surface area (Å²) in [7, 11) is -1.98. The van der Waals surface area contributed by atoms with Gasteiger partial charge in [-0.1, -0.05) is 0 Å². The van der Waals surface area contributed by atoms with E-state index in [1.54, 1.807) is 6.92 Å². The highest BCUT2D eigenvalue weighted by Gasteiger charge is 2.18. The van der Waals surface area contributed by atoms with Crippen LogP contribution in [0.3, 0.4) is 0 Å². The van der Waals surface area contributed by atoms with Gasteiger partial charge in [-0.15, -0.1) is 22.9 Å². The smallest absolute Gasteiger partial charge is 0.251 e. The summed E-state index contributed by atoms with van der Waals surface area (Å²) in [5.74, 6) is 0. The lowest BCUT2D eigenvalue weighted by atomic mass is 10.5. The topological polar surface area (TPSA) is 68.3 Å². The number of nitrogens with zero attached hydrogens (tertiary/aromatic N) is 1. The summed E-state index contributed by atoms with van der Waals surface area (Å²) in [6, 6.07) is 0. The molecular formula is C8H13ClN2O3S2. The van der Waals surface area contributed by atoms with Crippen molar-refractivity contribution in [3.63, 3.8) is 0 Å². The highest BCUT2D eigenvalue weighted by atomic mass is 35.5. The van der Waals surface area contributed by atoms with E-state index in [2.05, 4.69) is 9.71 Å². The summed E-state index contributed by atoms with van der Waals surface area (Å²) in [6.45, 7) is 2.18. The zero-order chi connectivity index (χ0) is 12.2. The predicted molar refractivity (Wildman–Crippen MR) is 63.6 cm³/mol. The normalized spacial score (nSPS) is 13.9. The van der Waals surface area contributed by atoms with Crippen LogP contribution in [0.1, 0.15) is 5.01 Å². The molecule has 0 aliphatic heterocycles. The van der Waals surface area contributed by atoms with Crippen LogP contribution in [-0.4, -0.2) is 39.0 Å². The van der Waals surface area contributed by atoms with Crippen LogP contribution in [0.15, 0.2) is 10.4 Å². The van der Waals surface area contributed by atoms with Crippen LogP contribution in [0.5, 0.6) is 0 Å². The molecule has 1 rings (SSSR count). The average Bonchev–Trinajstić information content (AvgIpc) is 2.63. The van der Waals surface area contributed by atoms with Gasteiger partial charge in [-0.3, -0.25) is 0 Å². The molecule has 0 saturated heterocycles. The Morgan fingerprint density at radius 2 is 2.38 bits per heavy atom. The molecule has 0 saturated carbocycles. The van der Waals surface area contributed by atoms with Gasteiger partial charge in [0.05, 0.1) is 23.2 Å². The molecule has 1 atom stereocenters. The maximum absolute atomic E-state index is 11.7. The first-order chi connectivity index (χ1) is 7.45. The van der Waals surface area contributed by atoms with E-state index in [4.69, 9.17) is 16.3 Å². The number of aryl methyl sites for hydroxylation is 1. The minimum absolute atomic E-state index is 0.134. The lowest BCUT2D eigenvalue weighted by Crippen LogP contribution is -2.31. The van der Waals surface area contributed by atoms with Crippen molar-refractivity contribution >= 4 is 33.0 Å². The molecule has 16 heavy (non-hydrogen) atoms. The number of ether oxygens (including phenoxy) is 1. The van der Waals surface area contributed by atoms with Gasteiger partial charge in [0.1, 0.15) is 0 Å². The molecule has 1 aromatic heterocycles. The van der Waals surface area contributed by atoms with Crippen molar-refractivity contribution in [1.29, 1.82) is 0 Å². The van der Waals surface area contributed by atoms with Crippen molar-refractivity contribution in [2.45, 2.75) is 16.5 Å². The summed E-state index contributed by atoms with van der Waals surface area (Å²) in [5, 5.41) is 0.327. The van der Waals surface area contributed by atoms with E-state index in [1.807, 2.05) is 0 Å². The van der Waals surface area contributed by atoms with Gasteiger partial charge in [-0.2, -0.15) is 0 Å². The van der Waals surface area contributed by atoms with Crippen LogP contribution in [-0.2, 0) is 14.8 Å². The van der Waals surface area contributed by atoms with Gasteiger partial charge < -0.3 is 4.74 Å². The van der Waals surface area contributed by atoms with E-state index in [0.717, 1.165) is 11.3 Å². The van der Waals surface area contributed by atoms with Crippen molar-refractivity contribution in [2.24, 2.45) is 0 Å². The average molecular weight is 285 g/mol. The van der Waals surface area contributed by atoms with Gasteiger partial charge in [0, 0.05) is 13.7 Å². The third kappa shape index (κ3) is 3.99. The number of sulfonamides is 1. The Labute approximate surface area is 104 Å². The molecule has 5 nitrogen and oxygen atoms in total. The van der Waals surface area contributed by atoms with Gasteiger partial charge in [0.2, 0.25) is 0 Å². The summed E-state index contributed by atoms with van der Waals surface area (Å²) >= 11 is 6.94. The summed E-state index contributed by atoms with van der Waals surface area (Å²) < 4.78 is 30.8. The lowest BCUT2D eigenvalue weighted by molar-refractivity contribution is 0.198. The first-order valence-corrected chi connectivity index (χ1v) is 7.24. The molecule has 0 spiro atoms. The van der Waals surface area contributed by atoms with E-state index >= 15 is 0 Å². The standard InChI is InChI=1S/C8H13ClN2O3S2/c1-6-10-4-8(15-6)16(12,13)11-3-7(9)5-14-2/h4,7,11H,3,5H2,1-2H3. The molecule has 0 amide bonds. The maximum atomic E-state index is 11.7. The van der Waals surface area contributed by atoms with Crippen LogP contribution >= 0.6 is 22.9 Å². The van der Waals surface area contributed by atoms with E-state index in [9.17, 15) is 8.42 Å². The summed E-state index contributed by atoms with van der Waals surface area (Å²) in [5.41, 5.74) is 0. The molecule has 0 aliphatic rings. The van der Waals surface area contributed by atoms with Crippen LogP contribution in [0, 0.1) is 6.92 Å². The second-order valence-electron chi connectivity index (χ2n) is 3.10.